The molecule has 144 valence electrons. The predicted molar refractivity (Wildman–Crippen MR) is 131 cm³/mol. The third-order valence-corrected chi connectivity index (χ3v) is 8.33. The first kappa shape index (κ1) is 16.7. The second kappa shape index (κ2) is 5.33. The third-order valence-electron chi connectivity index (χ3n) is 7.20. The van der Waals surface area contributed by atoms with Crippen molar-refractivity contribution in [3.05, 3.63) is 83.9 Å². The molecule has 30 heavy (non-hydrogen) atoms. The molecule has 0 saturated carbocycles. The van der Waals surface area contributed by atoms with E-state index < -0.39 is 0 Å². The van der Waals surface area contributed by atoms with Gasteiger partial charge in [-0.15, -0.1) is 11.3 Å². The predicted octanol–water partition coefficient (Wildman–Crippen LogP) is 8.01. The highest BCUT2D eigenvalue weighted by molar-refractivity contribution is 7.26. The molecule has 0 amide bonds. The molecule has 1 nitrogen and oxygen atoms in total. The van der Waals surface area contributed by atoms with Gasteiger partial charge in [-0.05, 0) is 28.8 Å². The van der Waals surface area contributed by atoms with Gasteiger partial charge in [0.15, 0.2) is 0 Å². The molecule has 0 radical (unpaired) electrons. The van der Waals surface area contributed by atoms with Crippen LogP contribution in [0.1, 0.15) is 25.0 Å². The summed E-state index contributed by atoms with van der Waals surface area (Å²) >= 11 is 1.90. The third kappa shape index (κ3) is 1.80. The molecular formula is C28H21NS. The molecule has 0 fully saturated rings. The fourth-order valence-corrected chi connectivity index (χ4v) is 6.93. The molecule has 4 aromatic carbocycles. The van der Waals surface area contributed by atoms with Gasteiger partial charge in [0.25, 0.3) is 0 Å². The number of thiophene rings is 1. The molecule has 7 rings (SSSR count). The first-order valence-electron chi connectivity index (χ1n) is 10.5. The highest BCUT2D eigenvalue weighted by Crippen LogP contribution is 2.53. The topological polar surface area (TPSA) is 4.93 Å². The number of nitrogens with zero attached hydrogens (tertiary/aromatic N) is 1. The Kier molecular flexibility index (Phi) is 2.96. The molecule has 2 aromatic heterocycles. The summed E-state index contributed by atoms with van der Waals surface area (Å²) in [4.78, 5) is 0. The van der Waals surface area contributed by atoms with Crippen molar-refractivity contribution >= 4 is 53.3 Å². The summed E-state index contributed by atoms with van der Waals surface area (Å²) in [6.07, 6.45) is 0. The monoisotopic (exact) mass is 403 g/mol. The van der Waals surface area contributed by atoms with E-state index in [9.17, 15) is 0 Å². The van der Waals surface area contributed by atoms with Gasteiger partial charge in [0.1, 0.15) is 0 Å². The lowest BCUT2D eigenvalue weighted by Gasteiger charge is -2.21. The van der Waals surface area contributed by atoms with Crippen molar-refractivity contribution in [3.63, 3.8) is 0 Å². The number of aryl methyl sites for hydroxylation is 1. The molecule has 0 aliphatic heterocycles. The molecule has 0 N–H and O–H groups in total. The molecule has 0 saturated heterocycles. The van der Waals surface area contributed by atoms with Gasteiger partial charge >= 0.3 is 0 Å². The molecule has 0 unspecified atom stereocenters. The van der Waals surface area contributed by atoms with E-state index in [2.05, 4.69) is 98.3 Å². The molecule has 2 heteroatoms. The van der Waals surface area contributed by atoms with E-state index in [0.717, 1.165) is 0 Å². The quantitative estimate of drug-likeness (QED) is 0.242. The van der Waals surface area contributed by atoms with E-state index in [-0.39, 0.29) is 5.41 Å². The molecular weight excluding hydrogens is 382 g/mol. The van der Waals surface area contributed by atoms with E-state index in [1.165, 1.54) is 64.2 Å². The average Bonchev–Trinajstić information content (AvgIpc) is 3.35. The van der Waals surface area contributed by atoms with Crippen LogP contribution < -0.4 is 0 Å². The summed E-state index contributed by atoms with van der Waals surface area (Å²) < 4.78 is 5.19. The number of benzene rings is 4. The van der Waals surface area contributed by atoms with Crippen LogP contribution >= 0.6 is 11.3 Å². The Balaban J connectivity index is 1.75. The summed E-state index contributed by atoms with van der Waals surface area (Å²) in [6.45, 7) is 4.72. The number of hydrogen-bond donors (Lipinski definition) is 0. The van der Waals surface area contributed by atoms with Crippen LogP contribution in [0.25, 0.3) is 53.1 Å². The second-order valence-corrected chi connectivity index (χ2v) is 10.1. The Bertz CT molecular complexity index is 1680. The molecule has 2 heterocycles. The minimum Gasteiger partial charge on any atom is -0.343 e. The van der Waals surface area contributed by atoms with Gasteiger partial charge in [0.05, 0.1) is 11.0 Å². The zero-order valence-electron chi connectivity index (χ0n) is 17.3. The lowest BCUT2D eigenvalue weighted by atomic mass is 9.82. The number of rotatable bonds is 0. The zero-order chi connectivity index (χ0) is 20.2. The fourth-order valence-electron chi connectivity index (χ4n) is 5.82. The molecule has 0 spiro atoms. The van der Waals surface area contributed by atoms with Crippen LogP contribution in [0.2, 0.25) is 0 Å². The Morgan fingerprint density at radius 2 is 1.40 bits per heavy atom. The summed E-state index contributed by atoms with van der Waals surface area (Å²) in [6, 6.07) is 27.1. The van der Waals surface area contributed by atoms with Gasteiger partial charge in [0.2, 0.25) is 0 Å². The Morgan fingerprint density at radius 3 is 2.30 bits per heavy atom. The molecule has 1 aliphatic rings. The molecule has 1 aliphatic carbocycles. The van der Waals surface area contributed by atoms with Crippen LogP contribution in [0.4, 0.5) is 0 Å². The lowest BCUT2D eigenvalue weighted by Crippen LogP contribution is -2.14. The van der Waals surface area contributed by atoms with E-state index in [1.54, 1.807) is 0 Å². The Labute approximate surface area is 179 Å². The number of fused-ring (bicyclic) bond motifs is 11. The largest absolute Gasteiger partial charge is 0.343 e. The van der Waals surface area contributed by atoms with Crippen molar-refractivity contribution in [2.45, 2.75) is 19.3 Å². The second-order valence-electron chi connectivity index (χ2n) is 9.05. The van der Waals surface area contributed by atoms with Crippen LogP contribution in [-0.4, -0.2) is 4.57 Å². The smallest absolute Gasteiger partial charge is 0.0583 e. The van der Waals surface area contributed by atoms with Crippen LogP contribution in [0.5, 0.6) is 0 Å². The summed E-state index contributed by atoms with van der Waals surface area (Å²) in [5, 5.41) is 5.47. The van der Waals surface area contributed by atoms with Gasteiger partial charge in [-0.3, -0.25) is 0 Å². The zero-order valence-corrected chi connectivity index (χ0v) is 18.1. The van der Waals surface area contributed by atoms with Crippen molar-refractivity contribution in [3.8, 4) is 11.1 Å². The summed E-state index contributed by atoms with van der Waals surface area (Å²) in [5.41, 5.74) is 8.43. The average molecular weight is 404 g/mol. The number of aromatic nitrogens is 1. The highest BCUT2D eigenvalue weighted by Gasteiger charge is 2.37. The first-order chi connectivity index (χ1) is 14.6. The van der Waals surface area contributed by atoms with Crippen molar-refractivity contribution in [2.24, 2.45) is 7.05 Å². The first-order valence-corrected chi connectivity index (χ1v) is 11.3. The Hall–Kier alpha value is -3.10. The van der Waals surface area contributed by atoms with Crippen molar-refractivity contribution in [2.75, 3.05) is 0 Å². The maximum absolute atomic E-state index is 2.46. The standard InChI is InChI=1S/C28H21NS/c1-28(2)20-10-6-4-8-18(20)24-21(28)14-12-16-17-13-15-23-25(27(17)29(3)26(16)24)19-9-5-7-11-22(19)30-23/h4-15H,1-3H3. The van der Waals surface area contributed by atoms with Gasteiger partial charge in [0, 0.05) is 49.0 Å². The van der Waals surface area contributed by atoms with Crippen LogP contribution in [0, 0.1) is 0 Å². The van der Waals surface area contributed by atoms with Crippen LogP contribution in [-0.2, 0) is 12.5 Å². The van der Waals surface area contributed by atoms with Gasteiger partial charge in [-0.1, -0.05) is 74.5 Å². The van der Waals surface area contributed by atoms with Gasteiger partial charge in [-0.25, -0.2) is 0 Å². The van der Waals surface area contributed by atoms with Crippen molar-refractivity contribution < 1.29 is 0 Å². The van der Waals surface area contributed by atoms with Crippen LogP contribution in [0.15, 0.2) is 72.8 Å². The van der Waals surface area contributed by atoms with Gasteiger partial charge in [-0.2, -0.15) is 0 Å². The highest BCUT2D eigenvalue weighted by atomic mass is 32.1. The SMILES string of the molecule is Cn1c2c3c(ccc2c2ccc4sc5ccccc5c4c21)C(C)(C)c1ccccc1-3. The van der Waals surface area contributed by atoms with Crippen molar-refractivity contribution in [1.29, 1.82) is 0 Å². The summed E-state index contributed by atoms with van der Waals surface area (Å²) in [5.74, 6) is 0. The molecule has 0 bridgehead atoms. The van der Waals surface area contributed by atoms with Crippen molar-refractivity contribution in [1.82, 2.24) is 4.57 Å². The lowest BCUT2D eigenvalue weighted by molar-refractivity contribution is 0.660. The molecule has 6 aromatic rings. The maximum Gasteiger partial charge on any atom is 0.0583 e. The van der Waals surface area contributed by atoms with Crippen LogP contribution in [0.3, 0.4) is 0 Å². The van der Waals surface area contributed by atoms with E-state index >= 15 is 0 Å². The van der Waals surface area contributed by atoms with Gasteiger partial charge < -0.3 is 4.57 Å². The molecule has 0 atom stereocenters. The minimum atomic E-state index is 0.0287. The minimum absolute atomic E-state index is 0.0287. The van der Waals surface area contributed by atoms with E-state index in [1.807, 2.05) is 11.3 Å². The normalized spacial score (nSPS) is 14.8. The summed E-state index contributed by atoms with van der Waals surface area (Å²) in [7, 11) is 2.25. The van der Waals surface area contributed by atoms with E-state index in [4.69, 9.17) is 0 Å². The fraction of sp³-hybridized carbons (Fsp3) is 0.143. The number of hydrogen-bond acceptors (Lipinski definition) is 1. The maximum atomic E-state index is 2.46. The Morgan fingerprint density at radius 1 is 0.667 bits per heavy atom. The van der Waals surface area contributed by atoms with E-state index in [0.29, 0.717) is 0 Å².